The van der Waals surface area contributed by atoms with E-state index in [2.05, 4.69) is 21.0 Å². The van der Waals surface area contributed by atoms with Gasteiger partial charge in [0.15, 0.2) is 0 Å². The molecule has 7 nitrogen and oxygen atoms in total. The molecule has 1 aromatic carbocycles. The third kappa shape index (κ3) is 5.36. The predicted octanol–water partition coefficient (Wildman–Crippen LogP) is 1.38. The number of hydrogen-bond acceptors (Lipinski definition) is 4. The molecule has 0 fully saturated rings. The fourth-order valence-electron chi connectivity index (χ4n) is 2.29. The Bertz CT molecular complexity index is 701. The summed E-state index contributed by atoms with van der Waals surface area (Å²) in [6.07, 6.45) is 3.47. The molecule has 2 rings (SSSR count). The molecule has 0 bridgehead atoms. The van der Waals surface area contributed by atoms with E-state index in [1.807, 2.05) is 25.2 Å². The highest BCUT2D eigenvalue weighted by molar-refractivity contribution is 5.88. The first kappa shape index (κ1) is 19.7. The van der Waals surface area contributed by atoms with Gasteiger partial charge < -0.3 is 16.0 Å². The minimum absolute atomic E-state index is 0. The Morgan fingerprint density at radius 2 is 2.08 bits per heavy atom. The maximum Gasteiger partial charge on any atom is 0.242 e. The summed E-state index contributed by atoms with van der Waals surface area (Å²) in [5, 5.41) is 12.7. The van der Waals surface area contributed by atoms with Crippen LogP contribution in [0.2, 0.25) is 0 Å². The van der Waals surface area contributed by atoms with Crippen LogP contribution in [0, 0.1) is 0 Å². The summed E-state index contributed by atoms with van der Waals surface area (Å²) in [5.74, 6) is -0.261. The molecule has 1 heterocycles. The lowest BCUT2D eigenvalue weighted by Crippen LogP contribution is -2.35. The zero-order valence-corrected chi connectivity index (χ0v) is 14.7. The van der Waals surface area contributed by atoms with Gasteiger partial charge in [0, 0.05) is 38.0 Å². The zero-order chi connectivity index (χ0) is 16.8. The number of aryl methyl sites for hydroxylation is 1. The van der Waals surface area contributed by atoms with Gasteiger partial charge in [0.05, 0.1) is 6.20 Å². The standard InChI is InChI=1S/C16H21N5O2.ClH/c1-11(22)20-14-6-4-5-12(7-14)8-18-16(23)15(17-2)13-9-19-21(3)10-13;/h4-7,9-10,15,17H,8H2,1-3H3,(H,18,23)(H,20,22);1H. The van der Waals surface area contributed by atoms with Gasteiger partial charge in [0.2, 0.25) is 11.8 Å². The summed E-state index contributed by atoms with van der Waals surface area (Å²) < 4.78 is 1.66. The summed E-state index contributed by atoms with van der Waals surface area (Å²) in [5.41, 5.74) is 2.42. The van der Waals surface area contributed by atoms with E-state index in [4.69, 9.17) is 0 Å². The van der Waals surface area contributed by atoms with Crippen LogP contribution in [0.15, 0.2) is 36.7 Å². The summed E-state index contributed by atoms with van der Waals surface area (Å²) in [7, 11) is 3.54. The van der Waals surface area contributed by atoms with Crippen LogP contribution in [-0.2, 0) is 23.2 Å². The zero-order valence-electron chi connectivity index (χ0n) is 13.9. The lowest BCUT2D eigenvalue weighted by atomic mass is 10.1. The third-order valence-electron chi connectivity index (χ3n) is 3.32. The van der Waals surface area contributed by atoms with Crippen LogP contribution in [0.4, 0.5) is 5.69 Å². The molecule has 0 spiro atoms. The molecule has 0 saturated heterocycles. The van der Waals surface area contributed by atoms with E-state index in [1.54, 1.807) is 30.2 Å². The number of aromatic nitrogens is 2. The Labute approximate surface area is 147 Å². The first-order valence-corrected chi connectivity index (χ1v) is 7.29. The van der Waals surface area contributed by atoms with E-state index >= 15 is 0 Å². The van der Waals surface area contributed by atoms with E-state index in [0.29, 0.717) is 12.2 Å². The molecule has 2 aromatic rings. The largest absolute Gasteiger partial charge is 0.350 e. The molecular formula is C16H22ClN5O2. The molecule has 0 radical (unpaired) electrons. The van der Waals surface area contributed by atoms with Crippen molar-refractivity contribution in [3.8, 4) is 0 Å². The van der Waals surface area contributed by atoms with Crippen molar-refractivity contribution in [2.24, 2.45) is 7.05 Å². The highest BCUT2D eigenvalue weighted by atomic mass is 35.5. The first-order chi connectivity index (χ1) is 11.0. The van der Waals surface area contributed by atoms with Gasteiger partial charge in [-0.2, -0.15) is 5.10 Å². The molecule has 3 N–H and O–H groups in total. The minimum atomic E-state index is -0.456. The van der Waals surface area contributed by atoms with Crippen LogP contribution in [0.5, 0.6) is 0 Å². The van der Waals surface area contributed by atoms with Crippen LogP contribution in [-0.4, -0.2) is 28.6 Å². The Morgan fingerprint density at radius 1 is 1.33 bits per heavy atom. The average Bonchev–Trinajstić information content (AvgIpc) is 2.92. The van der Waals surface area contributed by atoms with E-state index in [9.17, 15) is 9.59 Å². The first-order valence-electron chi connectivity index (χ1n) is 7.29. The van der Waals surface area contributed by atoms with Crippen molar-refractivity contribution in [2.45, 2.75) is 19.5 Å². The van der Waals surface area contributed by atoms with Gasteiger partial charge in [-0.3, -0.25) is 14.3 Å². The normalized spacial score (nSPS) is 11.3. The minimum Gasteiger partial charge on any atom is -0.350 e. The summed E-state index contributed by atoms with van der Waals surface area (Å²) in [6.45, 7) is 1.84. The summed E-state index contributed by atoms with van der Waals surface area (Å²) in [6, 6.07) is 6.91. The van der Waals surface area contributed by atoms with Crippen LogP contribution in [0.1, 0.15) is 24.1 Å². The van der Waals surface area contributed by atoms with E-state index < -0.39 is 6.04 Å². The fraction of sp³-hybridized carbons (Fsp3) is 0.312. The molecule has 8 heteroatoms. The molecule has 1 aromatic heterocycles. The number of likely N-dealkylation sites (N-methyl/N-ethyl adjacent to an activating group) is 1. The number of carbonyl (C=O) groups excluding carboxylic acids is 2. The van der Waals surface area contributed by atoms with Gasteiger partial charge in [0.25, 0.3) is 0 Å². The second-order valence-electron chi connectivity index (χ2n) is 5.27. The van der Waals surface area contributed by atoms with Gasteiger partial charge in [-0.15, -0.1) is 12.4 Å². The van der Waals surface area contributed by atoms with Crippen molar-refractivity contribution in [1.82, 2.24) is 20.4 Å². The number of amides is 2. The van der Waals surface area contributed by atoms with Crippen molar-refractivity contribution in [1.29, 1.82) is 0 Å². The molecule has 1 atom stereocenters. The average molecular weight is 352 g/mol. The number of nitrogens with one attached hydrogen (secondary N) is 3. The topological polar surface area (TPSA) is 88.1 Å². The molecule has 0 saturated carbocycles. The van der Waals surface area contributed by atoms with Crippen LogP contribution in [0.3, 0.4) is 0 Å². The fourth-order valence-corrected chi connectivity index (χ4v) is 2.29. The van der Waals surface area contributed by atoms with E-state index in [-0.39, 0.29) is 24.2 Å². The molecule has 24 heavy (non-hydrogen) atoms. The van der Waals surface area contributed by atoms with Crippen LogP contribution < -0.4 is 16.0 Å². The van der Waals surface area contributed by atoms with E-state index in [0.717, 1.165) is 11.1 Å². The number of halogens is 1. The molecule has 1 unspecified atom stereocenters. The smallest absolute Gasteiger partial charge is 0.242 e. The monoisotopic (exact) mass is 351 g/mol. The maximum atomic E-state index is 12.3. The number of anilines is 1. The SMILES string of the molecule is CNC(C(=O)NCc1cccc(NC(C)=O)c1)c1cnn(C)c1.Cl. The van der Waals surface area contributed by atoms with Crippen LogP contribution in [0.25, 0.3) is 0 Å². The third-order valence-corrected chi connectivity index (χ3v) is 3.32. The van der Waals surface area contributed by atoms with Gasteiger partial charge in [-0.25, -0.2) is 0 Å². The number of rotatable bonds is 6. The Morgan fingerprint density at radius 3 is 2.67 bits per heavy atom. The number of hydrogen-bond donors (Lipinski definition) is 3. The van der Waals surface area contributed by atoms with Gasteiger partial charge >= 0.3 is 0 Å². The maximum absolute atomic E-state index is 12.3. The molecule has 0 aliphatic carbocycles. The van der Waals surface area contributed by atoms with Crippen molar-refractivity contribution in [3.05, 3.63) is 47.8 Å². The quantitative estimate of drug-likeness (QED) is 0.733. The second kappa shape index (κ2) is 9.05. The van der Waals surface area contributed by atoms with Crippen LogP contribution >= 0.6 is 12.4 Å². The number of carbonyl (C=O) groups is 2. The lowest BCUT2D eigenvalue weighted by molar-refractivity contribution is -0.123. The van der Waals surface area contributed by atoms with Gasteiger partial charge in [-0.05, 0) is 24.7 Å². The predicted molar refractivity (Wildman–Crippen MR) is 94.8 cm³/mol. The Kier molecular flexibility index (Phi) is 7.41. The molecule has 0 aliphatic rings. The lowest BCUT2D eigenvalue weighted by Gasteiger charge is -2.15. The van der Waals surface area contributed by atoms with Crippen molar-refractivity contribution in [3.63, 3.8) is 0 Å². The van der Waals surface area contributed by atoms with Crippen molar-refractivity contribution < 1.29 is 9.59 Å². The molecular weight excluding hydrogens is 330 g/mol. The second-order valence-corrected chi connectivity index (χ2v) is 5.27. The summed E-state index contributed by atoms with van der Waals surface area (Å²) in [4.78, 5) is 23.4. The number of nitrogens with zero attached hydrogens (tertiary/aromatic N) is 2. The van der Waals surface area contributed by atoms with E-state index in [1.165, 1.54) is 6.92 Å². The van der Waals surface area contributed by atoms with Gasteiger partial charge in [0.1, 0.15) is 6.04 Å². The molecule has 2 amide bonds. The molecule has 0 aliphatic heterocycles. The highest BCUT2D eigenvalue weighted by Gasteiger charge is 2.19. The Balaban J connectivity index is 0.00000288. The Hall–Kier alpha value is -2.38. The molecule has 130 valence electrons. The van der Waals surface area contributed by atoms with Gasteiger partial charge in [-0.1, -0.05) is 12.1 Å². The number of benzene rings is 1. The highest BCUT2D eigenvalue weighted by Crippen LogP contribution is 2.13. The summed E-state index contributed by atoms with van der Waals surface area (Å²) >= 11 is 0. The van der Waals surface area contributed by atoms with Crippen molar-refractivity contribution in [2.75, 3.05) is 12.4 Å². The van der Waals surface area contributed by atoms with Crippen molar-refractivity contribution >= 4 is 29.9 Å².